The molecule has 0 N–H and O–H groups in total. The average molecular weight is 964 g/mol. The molecule has 2 aliphatic rings. The number of piperazine rings is 2. The number of hydrogen-bond donors (Lipinski definition) is 0. The lowest BCUT2D eigenvalue weighted by atomic mass is 10.2. The highest BCUT2D eigenvalue weighted by molar-refractivity contribution is 9.10. The van der Waals surface area contributed by atoms with Gasteiger partial charge in [-0.05, 0) is 117 Å². The number of pyridine rings is 2. The molecule has 65 heavy (non-hydrogen) atoms. The van der Waals surface area contributed by atoms with Crippen molar-refractivity contribution >= 4 is 79.6 Å². The minimum absolute atomic E-state index is 0.262. The third-order valence-corrected chi connectivity index (χ3v) is 9.45. The molecule has 4 aromatic heterocycles. The zero-order valence-electron chi connectivity index (χ0n) is 39.7. The lowest BCUT2D eigenvalue weighted by molar-refractivity contribution is -0.149. The van der Waals surface area contributed by atoms with Gasteiger partial charge in [-0.2, -0.15) is 0 Å². The van der Waals surface area contributed by atoms with E-state index in [9.17, 15) is 19.2 Å². The molecule has 2 aliphatic heterocycles. The fourth-order valence-electron chi connectivity index (χ4n) is 6.25. The molecule has 0 aromatic carbocycles. The van der Waals surface area contributed by atoms with Crippen molar-refractivity contribution in [1.82, 2.24) is 39.7 Å². The Morgan fingerprint density at radius 1 is 0.554 bits per heavy atom. The highest BCUT2D eigenvalue weighted by Crippen LogP contribution is 2.28. The number of carbonyl (C=O) groups excluding carboxylic acids is 4. The lowest BCUT2D eigenvalue weighted by Gasteiger charge is -2.36. The van der Waals surface area contributed by atoms with E-state index in [0.29, 0.717) is 68.2 Å². The van der Waals surface area contributed by atoms with E-state index >= 15 is 0 Å². The summed E-state index contributed by atoms with van der Waals surface area (Å²) in [7, 11) is 0. The van der Waals surface area contributed by atoms with Crippen molar-refractivity contribution in [3.05, 3.63) is 66.2 Å². The van der Waals surface area contributed by atoms with Gasteiger partial charge >= 0.3 is 24.1 Å². The number of esters is 2. The number of aromatic nitrogens is 6. The number of ether oxygens (including phenoxy) is 4. The number of nitrogens with zero attached hydrogens (tertiary/aromatic N) is 10. The summed E-state index contributed by atoms with van der Waals surface area (Å²) in [5.74, 6) is 0.825. The molecule has 19 heteroatoms. The van der Waals surface area contributed by atoms with Crippen LogP contribution in [0.5, 0.6) is 0 Å². The third-order valence-electron chi connectivity index (χ3n) is 8.87. The number of carbonyl (C=O) groups is 4. The molecule has 0 unspecified atom stereocenters. The van der Waals surface area contributed by atoms with Crippen molar-refractivity contribution in [2.45, 2.75) is 105 Å². The maximum Gasteiger partial charge on any atom is 0.410 e. The quantitative estimate of drug-likeness (QED) is 0.0813. The molecule has 18 nitrogen and oxygen atoms in total. The predicted molar refractivity (Wildman–Crippen MR) is 253 cm³/mol. The maximum atomic E-state index is 12.3. The van der Waals surface area contributed by atoms with Gasteiger partial charge in [0.1, 0.15) is 62.3 Å². The van der Waals surface area contributed by atoms with Crippen LogP contribution in [-0.4, -0.2) is 139 Å². The standard InChI is InChI=1S/C23H31N5O4.C16H20BrN5O2.C7H12O2/c1-22(2,3)31-18(29)8-7-17-19-16(9-10-24-17)20(26-15-25-19)27-11-13-28(14-12-27)21(30)32-23(4,5)6;1-16(2,3)24-15(23)22-8-6-21(7-9-22)14-11-4-5-18-13(17)12(11)19-10-20-14;1-5-6(8)9-7(2,3)4/h7-10,15H,11-14H2,1-6H3;4-5,10H,6-9H2,1-3H3;5H,1H2,2-4H3/b8-7+;;. The molecule has 6 rings (SSSR count). The zero-order chi connectivity index (χ0) is 48.3. The van der Waals surface area contributed by atoms with Gasteiger partial charge in [0.05, 0.1) is 5.69 Å². The van der Waals surface area contributed by atoms with Gasteiger partial charge < -0.3 is 38.5 Å². The van der Waals surface area contributed by atoms with Crippen LogP contribution >= 0.6 is 15.9 Å². The summed E-state index contributed by atoms with van der Waals surface area (Å²) in [6.45, 7) is 30.3. The van der Waals surface area contributed by atoms with E-state index in [0.717, 1.165) is 34.0 Å². The number of anilines is 2. The molecule has 0 bridgehead atoms. The molecule has 2 amide bonds. The third kappa shape index (κ3) is 16.5. The molecule has 0 aliphatic carbocycles. The Morgan fingerprint density at radius 2 is 0.954 bits per heavy atom. The monoisotopic (exact) mass is 962 g/mol. The topological polar surface area (TPSA) is 196 Å². The largest absolute Gasteiger partial charge is 0.457 e. The van der Waals surface area contributed by atoms with Gasteiger partial charge in [-0.1, -0.05) is 6.58 Å². The number of rotatable bonds is 5. The van der Waals surface area contributed by atoms with Crippen molar-refractivity contribution < 1.29 is 38.1 Å². The molecule has 0 spiro atoms. The predicted octanol–water partition coefficient (Wildman–Crippen LogP) is 7.80. The number of halogens is 1. The van der Waals surface area contributed by atoms with Crippen LogP contribution < -0.4 is 9.80 Å². The Labute approximate surface area is 389 Å². The fourth-order valence-corrected chi connectivity index (χ4v) is 6.68. The first-order valence-corrected chi connectivity index (χ1v) is 22.1. The Bertz CT molecular complexity index is 2340. The highest BCUT2D eigenvalue weighted by Gasteiger charge is 2.29. The Balaban J connectivity index is 0.000000246. The number of fused-ring (bicyclic) bond motifs is 2. The number of hydrogen-bond acceptors (Lipinski definition) is 16. The first kappa shape index (κ1) is 51.7. The summed E-state index contributed by atoms with van der Waals surface area (Å²) in [6.07, 6.45) is 9.99. The second-order valence-electron chi connectivity index (χ2n) is 19.0. The van der Waals surface area contributed by atoms with Crippen molar-refractivity contribution in [2.24, 2.45) is 0 Å². The van der Waals surface area contributed by atoms with Crippen LogP contribution in [0.1, 0.15) is 88.8 Å². The van der Waals surface area contributed by atoms with Gasteiger partial charge in [-0.15, -0.1) is 0 Å². The molecule has 0 saturated carbocycles. The summed E-state index contributed by atoms with van der Waals surface area (Å²) in [6, 6.07) is 3.77. The summed E-state index contributed by atoms with van der Waals surface area (Å²) in [4.78, 5) is 80.9. The van der Waals surface area contributed by atoms with Gasteiger partial charge in [0, 0.05) is 87.7 Å². The van der Waals surface area contributed by atoms with E-state index in [1.807, 2.05) is 95.2 Å². The van der Waals surface area contributed by atoms with Crippen molar-refractivity contribution in [1.29, 1.82) is 0 Å². The minimum Gasteiger partial charge on any atom is -0.457 e. The molecular formula is C46H63BrN10O8. The van der Waals surface area contributed by atoms with E-state index in [2.05, 4.69) is 62.2 Å². The van der Waals surface area contributed by atoms with Crippen molar-refractivity contribution in [3.8, 4) is 0 Å². The molecule has 6 heterocycles. The zero-order valence-corrected chi connectivity index (χ0v) is 41.3. The van der Waals surface area contributed by atoms with Crippen LogP contribution in [0.3, 0.4) is 0 Å². The second kappa shape index (κ2) is 21.8. The SMILES string of the molecule is C=CC(=O)OC(C)(C)C.CC(C)(C)OC(=O)/C=C/c1nccc2c(N3CCN(C(=O)OC(C)(C)C)CC3)ncnc12.CC(C)(C)OC(=O)N1CCN(c2ncnc3c(Br)nccc23)CC1. The van der Waals surface area contributed by atoms with Gasteiger partial charge in [0.2, 0.25) is 0 Å². The van der Waals surface area contributed by atoms with Crippen LogP contribution in [0, 0.1) is 0 Å². The lowest BCUT2D eigenvalue weighted by Crippen LogP contribution is -2.50. The molecule has 2 saturated heterocycles. The van der Waals surface area contributed by atoms with E-state index in [4.69, 9.17) is 18.9 Å². The summed E-state index contributed by atoms with van der Waals surface area (Å²) >= 11 is 3.42. The number of amides is 2. The maximum absolute atomic E-state index is 12.3. The molecular weight excluding hydrogens is 900 g/mol. The normalized spacial score (nSPS) is 14.8. The van der Waals surface area contributed by atoms with E-state index < -0.39 is 28.4 Å². The molecule has 0 atom stereocenters. The fraction of sp³-hybridized carbons (Fsp3) is 0.522. The van der Waals surface area contributed by atoms with Gasteiger partial charge in [-0.25, -0.2) is 44.1 Å². The van der Waals surface area contributed by atoms with Gasteiger partial charge in [0.15, 0.2) is 0 Å². The molecule has 352 valence electrons. The van der Waals surface area contributed by atoms with Crippen LogP contribution in [0.15, 0.2) is 60.5 Å². The smallest absolute Gasteiger partial charge is 0.410 e. The van der Waals surface area contributed by atoms with Crippen LogP contribution in [0.2, 0.25) is 0 Å². The Hall–Kier alpha value is -5.98. The summed E-state index contributed by atoms with van der Waals surface area (Å²) in [5.41, 5.74) is 0.0348. The average Bonchev–Trinajstić information content (AvgIpc) is 3.21. The van der Waals surface area contributed by atoms with E-state index in [1.54, 1.807) is 34.6 Å². The van der Waals surface area contributed by atoms with Crippen molar-refractivity contribution in [2.75, 3.05) is 62.2 Å². The second-order valence-corrected chi connectivity index (χ2v) is 19.7. The summed E-state index contributed by atoms with van der Waals surface area (Å²) < 4.78 is 21.7. The van der Waals surface area contributed by atoms with E-state index in [-0.39, 0.29) is 18.2 Å². The summed E-state index contributed by atoms with van der Waals surface area (Å²) in [5, 5.41) is 1.78. The molecule has 0 radical (unpaired) electrons. The first-order valence-electron chi connectivity index (χ1n) is 21.3. The first-order chi connectivity index (χ1) is 30.2. The van der Waals surface area contributed by atoms with Crippen LogP contribution in [-0.2, 0) is 28.5 Å². The van der Waals surface area contributed by atoms with Gasteiger partial charge in [-0.3, -0.25) is 4.98 Å². The Morgan fingerprint density at radius 3 is 1.37 bits per heavy atom. The van der Waals surface area contributed by atoms with Crippen LogP contribution in [0.4, 0.5) is 21.2 Å². The minimum atomic E-state index is -0.565. The van der Waals surface area contributed by atoms with E-state index in [1.165, 1.54) is 12.4 Å². The Kier molecular flexibility index (Phi) is 17.3. The molecule has 2 fully saturated rings. The molecule has 4 aromatic rings. The van der Waals surface area contributed by atoms with Crippen LogP contribution in [0.25, 0.3) is 27.9 Å². The van der Waals surface area contributed by atoms with Crippen molar-refractivity contribution in [3.63, 3.8) is 0 Å². The highest BCUT2D eigenvalue weighted by atomic mass is 79.9. The van der Waals surface area contributed by atoms with Gasteiger partial charge in [0.25, 0.3) is 0 Å².